The van der Waals surface area contributed by atoms with E-state index >= 15 is 0 Å². The molecule has 2 atom stereocenters. The Morgan fingerprint density at radius 2 is 2.06 bits per heavy atom. The molecule has 0 amide bonds. The lowest BCUT2D eigenvalue weighted by Gasteiger charge is -2.17. The standard InChI is InChI=1S/C12H15ClO5/c1-2-18-11(16)6-10(15)12(17)7-3-8(13)5-9(14)4-7/h3-5,10,12,14-15,17H,2,6H2,1H3. The first-order chi connectivity index (χ1) is 8.43. The van der Waals surface area contributed by atoms with Gasteiger partial charge in [-0.15, -0.1) is 0 Å². The fourth-order valence-corrected chi connectivity index (χ4v) is 1.73. The number of benzene rings is 1. The van der Waals surface area contributed by atoms with Gasteiger partial charge in [0, 0.05) is 5.02 Å². The molecule has 0 heterocycles. The summed E-state index contributed by atoms with van der Waals surface area (Å²) in [7, 11) is 0. The van der Waals surface area contributed by atoms with E-state index in [9.17, 15) is 20.1 Å². The van der Waals surface area contributed by atoms with E-state index in [1.54, 1.807) is 6.92 Å². The Morgan fingerprint density at radius 3 is 2.61 bits per heavy atom. The summed E-state index contributed by atoms with van der Waals surface area (Å²) >= 11 is 5.71. The number of esters is 1. The highest BCUT2D eigenvalue weighted by atomic mass is 35.5. The fourth-order valence-electron chi connectivity index (χ4n) is 1.49. The Balaban J connectivity index is 2.73. The van der Waals surface area contributed by atoms with Crippen molar-refractivity contribution in [1.82, 2.24) is 0 Å². The molecule has 1 aromatic carbocycles. The number of ether oxygens (including phenoxy) is 1. The maximum Gasteiger partial charge on any atom is 0.308 e. The Labute approximate surface area is 110 Å². The van der Waals surface area contributed by atoms with Gasteiger partial charge in [-0.1, -0.05) is 11.6 Å². The van der Waals surface area contributed by atoms with Crippen LogP contribution in [-0.4, -0.2) is 34.0 Å². The van der Waals surface area contributed by atoms with Gasteiger partial charge in [0.2, 0.25) is 0 Å². The number of hydrogen-bond donors (Lipinski definition) is 3. The van der Waals surface area contributed by atoms with Crippen LogP contribution in [0.2, 0.25) is 5.02 Å². The van der Waals surface area contributed by atoms with Crippen molar-refractivity contribution < 1.29 is 24.9 Å². The van der Waals surface area contributed by atoms with Gasteiger partial charge in [0.15, 0.2) is 0 Å². The highest BCUT2D eigenvalue weighted by Gasteiger charge is 2.22. The van der Waals surface area contributed by atoms with Gasteiger partial charge in [0.25, 0.3) is 0 Å². The van der Waals surface area contributed by atoms with Crippen molar-refractivity contribution in [2.45, 2.75) is 25.6 Å². The van der Waals surface area contributed by atoms with Crippen LogP contribution in [0.1, 0.15) is 25.0 Å². The van der Waals surface area contributed by atoms with Crippen LogP contribution >= 0.6 is 11.6 Å². The molecule has 0 aliphatic rings. The number of phenols is 1. The van der Waals surface area contributed by atoms with Crippen LogP contribution in [0.3, 0.4) is 0 Å². The van der Waals surface area contributed by atoms with E-state index < -0.39 is 18.2 Å². The second kappa shape index (κ2) is 6.58. The molecular weight excluding hydrogens is 260 g/mol. The van der Waals surface area contributed by atoms with Crippen LogP contribution in [0, 0.1) is 0 Å². The largest absolute Gasteiger partial charge is 0.508 e. The van der Waals surface area contributed by atoms with Crippen LogP contribution in [0.4, 0.5) is 0 Å². The molecule has 0 aliphatic heterocycles. The average molecular weight is 275 g/mol. The summed E-state index contributed by atoms with van der Waals surface area (Å²) in [5, 5.41) is 29.1. The van der Waals surface area contributed by atoms with Crippen LogP contribution in [0.25, 0.3) is 0 Å². The molecule has 5 nitrogen and oxygen atoms in total. The number of rotatable bonds is 5. The molecule has 18 heavy (non-hydrogen) atoms. The van der Waals surface area contributed by atoms with E-state index in [4.69, 9.17) is 11.6 Å². The smallest absolute Gasteiger partial charge is 0.308 e. The molecule has 2 unspecified atom stereocenters. The summed E-state index contributed by atoms with van der Waals surface area (Å²) in [5.41, 5.74) is 0.233. The molecule has 100 valence electrons. The van der Waals surface area contributed by atoms with Gasteiger partial charge in [-0.05, 0) is 30.7 Å². The summed E-state index contributed by atoms with van der Waals surface area (Å²) in [6.07, 6.45) is -2.97. The first-order valence-corrected chi connectivity index (χ1v) is 5.83. The molecular formula is C12H15ClO5. The molecule has 0 radical (unpaired) electrons. The number of hydrogen-bond acceptors (Lipinski definition) is 5. The maximum absolute atomic E-state index is 11.2. The van der Waals surface area contributed by atoms with Gasteiger partial charge in [0.05, 0.1) is 19.1 Å². The number of phenolic OH excluding ortho intramolecular Hbond substituents is 1. The van der Waals surface area contributed by atoms with Crippen molar-refractivity contribution in [2.75, 3.05) is 6.61 Å². The second-order valence-electron chi connectivity index (χ2n) is 3.76. The van der Waals surface area contributed by atoms with Crippen LogP contribution in [0.5, 0.6) is 5.75 Å². The zero-order valence-corrected chi connectivity index (χ0v) is 10.6. The van der Waals surface area contributed by atoms with Gasteiger partial charge in [-0.2, -0.15) is 0 Å². The predicted molar refractivity (Wildman–Crippen MR) is 65.3 cm³/mol. The van der Waals surface area contributed by atoms with Crippen molar-refractivity contribution in [2.24, 2.45) is 0 Å². The summed E-state index contributed by atoms with van der Waals surface area (Å²) < 4.78 is 4.66. The zero-order chi connectivity index (χ0) is 13.7. The normalized spacial score (nSPS) is 14.0. The SMILES string of the molecule is CCOC(=O)CC(O)C(O)c1cc(O)cc(Cl)c1. The van der Waals surface area contributed by atoms with Crippen LogP contribution < -0.4 is 0 Å². The minimum Gasteiger partial charge on any atom is -0.508 e. The van der Waals surface area contributed by atoms with Gasteiger partial charge < -0.3 is 20.1 Å². The predicted octanol–water partition coefficient (Wildman–Crippen LogP) is 1.39. The third kappa shape index (κ3) is 4.18. The van der Waals surface area contributed by atoms with E-state index in [1.165, 1.54) is 18.2 Å². The molecule has 3 N–H and O–H groups in total. The van der Waals surface area contributed by atoms with E-state index in [1.807, 2.05) is 0 Å². The lowest BCUT2D eigenvalue weighted by atomic mass is 10.0. The minimum atomic E-state index is -1.32. The minimum absolute atomic E-state index is 0.125. The van der Waals surface area contributed by atoms with Crippen molar-refractivity contribution in [3.05, 3.63) is 28.8 Å². The fraction of sp³-hybridized carbons (Fsp3) is 0.417. The molecule has 6 heteroatoms. The van der Waals surface area contributed by atoms with Gasteiger partial charge >= 0.3 is 5.97 Å². The number of carbonyl (C=O) groups excluding carboxylic acids is 1. The Hall–Kier alpha value is -1.30. The lowest BCUT2D eigenvalue weighted by Crippen LogP contribution is -2.23. The van der Waals surface area contributed by atoms with E-state index in [-0.39, 0.29) is 29.4 Å². The zero-order valence-electron chi connectivity index (χ0n) is 9.84. The highest BCUT2D eigenvalue weighted by Crippen LogP contribution is 2.26. The molecule has 0 aliphatic carbocycles. The number of aliphatic hydroxyl groups is 2. The summed E-state index contributed by atoms with van der Waals surface area (Å²) in [4.78, 5) is 11.2. The molecule has 1 rings (SSSR count). The highest BCUT2D eigenvalue weighted by molar-refractivity contribution is 6.30. The van der Waals surface area contributed by atoms with Crippen molar-refractivity contribution in [1.29, 1.82) is 0 Å². The van der Waals surface area contributed by atoms with E-state index in [2.05, 4.69) is 4.74 Å². The molecule has 0 fully saturated rings. The monoisotopic (exact) mass is 274 g/mol. The summed E-state index contributed by atoms with van der Waals surface area (Å²) in [5.74, 6) is -0.727. The van der Waals surface area contributed by atoms with E-state index in [0.717, 1.165) is 0 Å². The number of aromatic hydroxyl groups is 1. The third-order valence-corrected chi connectivity index (χ3v) is 2.51. The molecule has 0 bridgehead atoms. The van der Waals surface area contributed by atoms with Gasteiger partial charge in [-0.3, -0.25) is 4.79 Å². The van der Waals surface area contributed by atoms with Crippen molar-refractivity contribution in [3.63, 3.8) is 0 Å². The average Bonchev–Trinajstić information content (AvgIpc) is 2.26. The number of aliphatic hydroxyl groups excluding tert-OH is 2. The Bertz CT molecular complexity index is 401. The molecule has 0 saturated heterocycles. The number of carbonyl (C=O) groups is 1. The first-order valence-electron chi connectivity index (χ1n) is 5.45. The number of halogens is 1. The molecule has 0 spiro atoms. The van der Waals surface area contributed by atoms with Crippen LogP contribution in [0.15, 0.2) is 18.2 Å². The van der Waals surface area contributed by atoms with E-state index in [0.29, 0.717) is 0 Å². The second-order valence-corrected chi connectivity index (χ2v) is 4.20. The lowest BCUT2D eigenvalue weighted by molar-refractivity contribution is -0.147. The quantitative estimate of drug-likeness (QED) is 0.707. The Morgan fingerprint density at radius 1 is 1.39 bits per heavy atom. The van der Waals surface area contributed by atoms with Gasteiger partial charge in [0.1, 0.15) is 11.9 Å². The topological polar surface area (TPSA) is 87.0 Å². The molecule has 0 aromatic heterocycles. The molecule has 1 aromatic rings. The third-order valence-electron chi connectivity index (χ3n) is 2.29. The maximum atomic E-state index is 11.2. The van der Waals surface area contributed by atoms with Crippen molar-refractivity contribution in [3.8, 4) is 5.75 Å². The van der Waals surface area contributed by atoms with Crippen LogP contribution in [-0.2, 0) is 9.53 Å². The first kappa shape index (κ1) is 14.8. The Kier molecular flexibility index (Phi) is 5.40. The molecule has 0 saturated carbocycles. The summed E-state index contributed by atoms with van der Waals surface area (Å²) in [6, 6.07) is 3.97. The van der Waals surface area contributed by atoms with Gasteiger partial charge in [-0.25, -0.2) is 0 Å². The van der Waals surface area contributed by atoms with Crippen molar-refractivity contribution >= 4 is 17.6 Å². The summed E-state index contributed by atoms with van der Waals surface area (Å²) in [6.45, 7) is 1.86.